The van der Waals surface area contributed by atoms with Crippen LogP contribution in [0.3, 0.4) is 0 Å². The Hall–Kier alpha value is -1.06. The van der Waals surface area contributed by atoms with Crippen LogP contribution < -0.4 is 11.1 Å². The lowest BCUT2D eigenvalue weighted by atomic mass is 9.96. The van der Waals surface area contributed by atoms with Gasteiger partial charge in [-0.15, -0.1) is 0 Å². The van der Waals surface area contributed by atoms with Crippen LogP contribution in [-0.4, -0.2) is 18.4 Å². The summed E-state index contributed by atoms with van der Waals surface area (Å²) in [7, 11) is 0. The summed E-state index contributed by atoms with van der Waals surface area (Å²) in [4.78, 5) is 21.6. The van der Waals surface area contributed by atoms with Crippen molar-refractivity contribution in [2.45, 2.75) is 33.6 Å². The molecule has 0 fully saturated rings. The zero-order chi connectivity index (χ0) is 10.5. The molecule has 0 rings (SSSR count). The zero-order valence-electron chi connectivity index (χ0n) is 8.52. The number of carbonyl (C=O) groups excluding carboxylic acids is 2. The van der Waals surface area contributed by atoms with Gasteiger partial charge in [0.05, 0.1) is 0 Å². The van der Waals surface area contributed by atoms with Crippen molar-refractivity contribution in [2.24, 2.45) is 11.1 Å². The van der Waals surface area contributed by atoms with Gasteiger partial charge in [0.1, 0.15) is 0 Å². The van der Waals surface area contributed by atoms with Crippen molar-refractivity contribution < 1.29 is 9.59 Å². The Morgan fingerprint density at radius 3 is 2.23 bits per heavy atom. The lowest BCUT2D eigenvalue weighted by molar-refractivity contribution is -0.128. The molecule has 4 nitrogen and oxygen atoms in total. The molecule has 0 spiro atoms. The fourth-order valence-corrected chi connectivity index (χ4v) is 0.730. The first-order chi connectivity index (χ1) is 5.84. The molecule has 76 valence electrons. The lowest BCUT2D eigenvalue weighted by Crippen LogP contribution is -2.35. The SMILES string of the molecule is CC(C)(C)C(=O)NCCCC(N)=O. The zero-order valence-corrected chi connectivity index (χ0v) is 8.52. The number of nitrogens with one attached hydrogen (secondary N) is 1. The Kier molecular flexibility index (Phi) is 4.45. The average Bonchev–Trinajstić information content (AvgIpc) is 1.95. The van der Waals surface area contributed by atoms with Crippen LogP contribution in [0.2, 0.25) is 0 Å². The van der Waals surface area contributed by atoms with Crippen molar-refractivity contribution in [2.75, 3.05) is 6.54 Å². The molecule has 0 aromatic carbocycles. The van der Waals surface area contributed by atoms with E-state index in [2.05, 4.69) is 5.32 Å². The first kappa shape index (κ1) is 11.9. The minimum Gasteiger partial charge on any atom is -0.370 e. The smallest absolute Gasteiger partial charge is 0.225 e. The third-order valence-electron chi connectivity index (χ3n) is 1.57. The Morgan fingerprint density at radius 2 is 1.85 bits per heavy atom. The lowest BCUT2D eigenvalue weighted by Gasteiger charge is -2.17. The van der Waals surface area contributed by atoms with Gasteiger partial charge in [-0.3, -0.25) is 9.59 Å². The highest BCUT2D eigenvalue weighted by molar-refractivity contribution is 5.81. The summed E-state index contributed by atoms with van der Waals surface area (Å²) < 4.78 is 0. The monoisotopic (exact) mass is 186 g/mol. The molecule has 13 heavy (non-hydrogen) atoms. The summed E-state index contributed by atoms with van der Waals surface area (Å²) in [5, 5.41) is 2.73. The van der Waals surface area contributed by atoms with E-state index in [0.717, 1.165) is 0 Å². The maximum atomic E-state index is 11.3. The van der Waals surface area contributed by atoms with E-state index in [0.29, 0.717) is 19.4 Å². The molecule has 0 aromatic rings. The van der Waals surface area contributed by atoms with E-state index < -0.39 is 0 Å². The highest BCUT2D eigenvalue weighted by Gasteiger charge is 2.20. The molecule has 0 saturated heterocycles. The molecular weight excluding hydrogens is 168 g/mol. The molecular formula is C9H18N2O2. The molecule has 0 bridgehead atoms. The van der Waals surface area contributed by atoms with E-state index in [-0.39, 0.29) is 17.2 Å². The summed E-state index contributed by atoms with van der Waals surface area (Å²) in [5.74, 6) is -0.332. The van der Waals surface area contributed by atoms with Gasteiger partial charge in [0, 0.05) is 18.4 Å². The first-order valence-corrected chi connectivity index (χ1v) is 4.40. The van der Waals surface area contributed by atoms with Crippen LogP contribution in [-0.2, 0) is 9.59 Å². The van der Waals surface area contributed by atoms with Crippen molar-refractivity contribution in [3.8, 4) is 0 Å². The predicted molar refractivity (Wildman–Crippen MR) is 50.9 cm³/mol. The average molecular weight is 186 g/mol. The quantitative estimate of drug-likeness (QED) is 0.624. The van der Waals surface area contributed by atoms with Gasteiger partial charge in [0.2, 0.25) is 11.8 Å². The maximum absolute atomic E-state index is 11.3. The standard InChI is InChI=1S/C9H18N2O2/c1-9(2,3)8(13)11-6-4-5-7(10)12/h4-6H2,1-3H3,(H2,10,12)(H,11,13). The van der Waals surface area contributed by atoms with E-state index in [1.807, 2.05) is 20.8 Å². The summed E-state index contributed by atoms with van der Waals surface area (Å²) in [6.07, 6.45) is 0.932. The molecule has 2 amide bonds. The van der Waals surface area contributed by atoms with Gasteiger partial charge in [-0.25, -0.2) is 0 Å². The first-order valence-electron chi connectivity index (χ1n) is 4.40. The predicted octanol–water partition coefficient (Wildman–Crippen LogP) is 0.414. The number of carbonyl (C=O) groups is 2. The van der Waals surface area contributed by atoms with E-state index in [4.69, 9.17) is 5.73 Å². The number of rotatable bonds is 4. The second-order valence-corrected chi connectivity index (χ2v) is 4.08. The van der Waals surface area contributed by atoms with E-state index in [1.165, 1.54) is 0 Å². The van der Waals surface area contributed by atoms with Gasteiger partial charge < -0.3 is 11.1 Å². The molecule has 0 aromatic heterocycles. The fraction of sp³-hybridized carbons (Fsp3) is 0.778. The van der Waals surface area contributed by atoms with Crippen molar-refractivity contribution in [3.63, 3.8) is 0 Å². The van der Waals surface area contributed by atoms with Crippen molar-refractivity contribution in [1.29, 1.82) is 0 Å². The maximum Gasteiger partial charge on any atom is 0.225 e. The van der Waals surface area contributed by atoms with Gasteiger partial charge in [-0.1, -0.05) is 20.8 Å². The molecule has 0 aliphatic rings. The summed E-state index contributed by atoms with van der Waals surface area (Å²) in [6, 6.07) is 0. The van der Waals surface area contributed by atoms with Gasteiger partial charge >= 0.3 is 0 Å². The molecule has 0 heterocycles. The third kappa shape index (κ3) is 6.13. The molecule has 3 N–H and O–H groups in total. The fourth-order valence-electron chi connectivity index (χ4n) is 0.730. The van der Waals surface area contributed by atoms with Crippen LogP contribution in [0.5, 0.6) is 0 Å². The number of amides is 2. The van der Waals surface area contributed by atoms with Crippen molar-refractivity contribution in [3.05, 3.63) is 0 Å². The van der Waals surface area contributed by atoms with E-state index >= 15 is 0 Å². The molecule has 0 aliphatic heterocycles. The van der Waals surface area contributed by atoms with E-state index in [1.54, 1.807) is 0 Å². The van der Waals surface area contributed by atoms with Crippen LogP contribution >= 0.6 is 0 Å². The molecule has 0 unspecified atom stereocenters. The summed E-state index contributed by atoms with van der Waals surface area (Å²) >= 11 is 0. The third-order valence-corrected chi connectivity index (χ3v) is 1.57. The Labute approximate surface area is 78.9 Å². The van der Waals surface area contributed by atoms with Gasteiger partial charge in [0.25, 0.3) is 0 Å². The highest BCUT2D eigenvalue weighted by atomic mass is 16.2. The van der Waals surface area contributed by atoms with Crippen LogP contribution in [0.4, 0.5) is 0 Å². The summed E-state index contributed by atoms with van der Waals surface area (Å²) in [6.45, 7) is 6.04. The Balaban J connectivity index is 3.55. The highest BCUT2D eigenvalue weighted by Crippen LogP contribution is 2.12. The van der Waals surface area contributed by atoms with Gasteiger partial charge in [-0.2, -0.15) is 0 Å². The van der Waals surface area contributed by atoms with Crippen LogP contribution in [0.1, 0.15) is 33.6 Å². The number of nitrogens with two attached hydrogens (primary N) is 1. The second kappa shape index (κ2) is 4.84. The van der Waals surface area contributed by atoms with E-state index in [9.17, 15) is 9.59 Å². The molecule has 0 radical (unpaired) electrons. The Bertz CT molecular complexity index is 194. The van der Waals surface area contributed by atoms with Crippen LogP contribution in [0.25, 0.3) is 0 Å². The number of primary amides is 1. The summed E-state index contributed by atoms with van der Waals surface area (Å²) in [5.41, 5.74) is 4.58. The Morgan fingerprint density at radius 1 is 1.31 bits per heavy atom. The molecule has 0 atom stereocenters. The van der Waals surface area contributed by atoms with Crippen LogP contribution in [0.15, 0.2) is 0 Å². The van der Waals surface area contributed by atoms with Gasteiger partial charge in [0.15, 0.2) is 0 Å². The number of hydrogen-bond acceptors (Lipinski definition) is 2. The van der Waals surface area contributed by atoms with Crippen LogP contribution in [0, 0.1) is 5.41 Å². The normalized spacial score (nSPS) is 11.0. The topological polar surface area (TPSA) is 72.2 Å². The molecule has 0 saturated carbocycles. The minimum atomic E-state index is -0.368. The van der Waals surface area contributed by atoms with Gasteiger partial charge in [-0.05, 0) is 6.42 Å². The molecule has 4 heteroatoms. The minimum absolute atomic E-state index is 0.00281. The van der Waals surface area contributed by atoms with Crippen molar-refractivity contribution >= 4 is 11.8 Å². The largest absolute Gasteiger partial charge is 0.370 e. The second-order valence-electron chi connectivity index (χ2n) is 4.08. The van der Waals surface area contributed by atoms with Crippen molar-refractivity contribution in [1.82, 2.24) is 5.32 Å². The molecule has 0 aliphatic carbocycles. The number of hydrogen-bond donors (Lipinski definition) is 2.